The van der Waals surface area contributed by atoms with E-state index in [9.17, 15) is 4.79 Å². The van der Waals surface area contributed by atoms with E-state index in [1.165, 1.54) is 29.5 Å². The lowest BCUT2D eigenvalue weighted by molar-refractivity contribution is 0.0188. The second-order valence-corrected chi connectivity index (χ2v) is 10.8. The maximum absolute atomic E-state index is 12.3. The number of anilines is 3. The van der Waals surface area contributed by atoms with Gasteiger partial charge in [-0.1, -0.05) is 0 Å². The van der Waals surface area contributed by atoms with Crippen LogP contribution in [-0.4, -0.2) is 51.2 Å². The second-order valence-electron chi connectivity index (χ2n) is 10.8. The SMILES string of the molecule is CC(C)(C)OC(=O)N1CCC(CNc2cncc(Nc3ccc4c5c([nH]c4n3)CCCC5)c2)CC1. The number of rotatable bonds is 5. The molecular formula is C27H36N6O2. The minimum absolute atomic E-state index is 0.210. The number of aromatic amines is 1. The summed E-state index contributed by atoms with van der Waals surface area (Å²) >= 11 is 0. The van der Waals surface area contributed by atoms with Crippen molar-refractivity contribution in [2.24, 2.45) is 5.92 Å². The van der Waals surface area contributed by atoms with Gasteiger partial charge in [0.15, 0.2) is 0 Å². The van der Waals surface area contributed by atoms with E-state index in [1.807, 2.05) is 44.1 Å². The van der Waals surface area contributed by atoms with Crippen molar-refractivity contribution < 1.29 is 9.53 Å². The van der Waals surface area contributed by atoms with E-state index in [4.69, 9.17) is 9.72 Å². The zero-order chi connectivity index (χ0) is 24.4. The summed E-state index contributed by atoms with van der Waals surface area (Å²) in [6.07, 6.45) is 10.1. The summed E-state index contributed by atoms with van der Waals surface area (Å²) in [5, 5.41) is 8.17. The predicted octanol–water partition coefficient (Wildman–Crippen LogP) is 5.64. The van der Waals surface area contributed by atoms with Crippen LogP contribution in [0.5, 0.6) is 0 Å². The standard InChI is InChI=1S/C27H36N6O2/c1-27(2,3)35-26(34)33-12-10-18(11-13-33)15-29-19-14-20(17-28-16-19)30-24-9-8-22-21-6-4-5-7-23(21)31-25(22)32-24/h8-9,14,16-18,29H,4-7,10-13,15H2,1-3H3,(H2,30,31,32). The fourth-order valence-electron chi connectivity index (χ4n) is 5.01. The van der Waals surface area contributed by atoms with Gasteiger partial charge in [-0.3, -0.25) is 4.98 Å². The molecule has 0 atom stereocenters. The highest BCUT2D eigenvalue weighted by molar-refractivity contribution is 5.83. The first-order valence-electron chi connectivity index (χ1n) is 12.8. The predicted molar refractivity (Wildman–Crippen MR) is 139 cm³/mol. The zero-order valence-electron chi connectivity index (χ0n) is 21.0. The highest BCUT2D eigenvalue weighted by Crippen LogP contribution is 2.30. The highest BCUT2D eigenvalue weighted by Gasteiger charge is 2.26. The van der Waals surface area contributed by atoms with Crippen molar-refractivity contribution in [3.63, 3.8) is 0 Å². The molecule has 1 aliphatic heterocycles. The summed E-state index contributed by atoms with van der Waals surface area (Å²) in [7, 11) is 0. The molecule has 5 rings (SSSR count). The molecule has 8 heteroatoms. The van der Waals surface area contributed by atoms with Gasteiger partial charge < -0.3 is 25.3 Å². The van der Waals surface area contributed by atoms with Crippen LogP contribution in [0.4, 0.5) is 22.0 Å². The van der Waals surface area contributed by atoms with Crippen LogP contribution in [0.15, 0.2) is 30.6 Å². The van der Waals surface area contributed by atoms with Crippen molar-refractivity contribution >= 4 is 34.3 Å². The first kappa shape index (κ1) is 23.5. The molecule has 8 nitrogen and oxygen atoms in total. The molecular weight excluding hydrogens is 440 g/mol. The number of nitrogens with one attached hydrogen (secondary N) is 3. The number of likely N-dealkylation sites (tertiary alicyclic amines) is 1. The molecule has 1 amide bonds. The van der Waals surface area contributed by atoms with Gasteiger partial charge in [-0.25, -0.2) is 9.78 Å². The lowest BCUT2D eigenvalue weighted by Crippen LogP contribution is -2.42. The molecule has 0 saturated carbocycles. The van der Waals surface area contributed by atoms with E-state index in [0.717, 1.165) is 68.2 Å². The first-order chi connectivity index (χ1) is 16.8. The van der Waals surface area contributed by atoms with Crippen LogP contribution in [0.3, 0.4) is 0 Å². The molecule has 1 fully saturated rings. The average Bonchev–Trinajstić information content (AvgIpc) is 3.20. The Kier molecular flexibility index (Phi) is 6.54. The number of amides is 1. The minimum atomic E-state index is -0.455. The largest absolute Gasteiger partial charge is 0.444 e. The van der Waals surface area contributed by atoms with Crippen LogP contribution in [-0.2, 0) is 17.6 Å². The molecule has 4 heterocycles. The molecule has 2 aliphatic rings. The summed E-state index contributed by atoms with van der Waals surface area (Å²) in [5.74, 6) is 1.32. The zero-order valence-corrected chi connectivity index (χ0v) is 21.0. The molecule has 0 aromatic carbocycles. The van der Waals surface area contributed by atoms with Crippen LogP contribution < -0.4 is 10.6 Å². The molecule has 3 N–H and O–H groups in total. The summed E-state index contributed by atoms with van der Waals surface area (Å²) in [6, 6.07) is 6.28. The van der Waals surface area contributed by atoms with Gasteiger partial charge >= 0.3 is 6.09 Å². The van der Waals surface area contributed by atoms with Crippen LogP contribution >= 0.6 is 0 Å². The van der Waals surface area contributed by atoms with E-state index in [0.29, 0.717) is 5.92 Å². The fraction of sp³-hybridized carbons (Fsp3) is 0.519. The van der Waals surface area contributed by atoms with Gasteiger partial charge in [-0.15, -0.1) is 0 Å². The number of carbonyl (C=O) groups is 1. The van der Waals surface area contributed by atoms with Crippen molar-refractivity contribution in [3.8, 4) is 0 Å². The first-order valence-corrected chi connectivity index (χ1v) is 12.8. The number of hydrogen-bond acceptors (Lipinski definition) is 6. The van der Waals surface area contributed by atoms with Gasteiger partial charge in [0.1, 0.15) is 17.1 Å². The van der Waals surface area contributed by atoms with Gasteiger partial charge in [0.2, 0.25) is 0 Å². The molecule has 3 aromatic rings. The molecule has 0 bridgehead atoms. The van der Waals surface area contributed by atoms with E-state index in [1.54, 1.807) is 0 Å². The number of fused-ring (bicyclic) bond motifs is 3. The Balaban J connectivity index is 1.15. The Bertz CT molecular complexity index is 1190. The third kappa shape index (κ3) is 5.69. The second kappa shape index (κ2) is 9.76. The summed E-state index contributed by atoms with van der Waals surface area (Å²) in [4.78, 5) is 26.8. The van der Waals surface area contributed by atoms with Crippen LogP contribution in [0, 0.1) is 5.92 Å². The van der Waals surface area contributed by atoms with Crippen LogP contribution in [0.25, 0.3) is 11.0 Å². The number of pyridine rings is 2. The lowest BCUT2D eigenvalue weighted by atomic mass is 9.96. The number of ether oxygens (including phenoxy) is 1. The number of aryl methyl sites for hydroxylation is 2. The Morgan fingerprint density at radius 3 is 2.71 bits per heavy atom. The van der Waals surface area contributed by atoms with Gasteiger partial charge in [-0.2, -0.15) is 0 Å². The molecule has 0 radical (unpaired) electrons. The van der Waals surface area contributed by atoms with Crippen molar-refractivity contribution in [3.05, 3.63) is 41.9 Å². The topological polar surface area (TPSA) is 95.2 Å². The van der Waals surface area contributed by atoms with E-state index >= 15 is 0 Å². The van der Waals surface area contributed by atoms with Gasteiger partial charge in [0.05, 0.1) is 23.8 Å². The van der Waals surface area contributed by atoms with E-state index in [2.05, 4.69) is 32.7 Å². The number of nitrogens with zero attached hydrogens (tertiary/aromatic N) is 3. The maximum Gasteiger partial charge on any atom is 0.410 e. The molecule has 1 aliphatic carbocycles. The third-order valence-corrected chi connectivity index (χ3v) is 6.83. The molecule has 186 valence electrons. The molecule has 3 aromatic heterocycles. The number of H-pyrrole nitrogens is 1. The molecule has 0 unspecified atom stereocenters. The third-order valence-electron chi connectivity index (χ3n) is 6.83. The van der Waals surface area contributed by atoms with Crippen molar-refractivity contribution in [2.75, 3.05) is 30.3 Å². The normalized spacial score (nSPS) is 16.7. The van der Waals surface area contributed by atoms with E-state index in [-0.39, 0.29) is 6.09 Å². The fourth-order valence-corrected chi connectivity index (χ4v) is 5.01. The van der Waals surface area contributed by atoms with Crippen LogP contribution in [0.1, 0.15) is 57.7 Å². The molecule has 0 spiro atoms. The Morgan fingerprint density at radius 2 is 1.91 bits per heavy atom. The lowest BCUT2D eigenvalue weighted by Gasteiger charge is -2.33. The van der Waals surface area contributed by atoms with Crippen LogP contribution in [0.2, 0.25) is 0 Å². The number of aromatic nitrogens is 3. The number of hydrogen-bond donors (Lipinski definition) is 3. The van der Waals surface area contributed by atoms with Crippen molar-refractivity contribution in [2.45, 2.75) is 64.9 Å². The number of piperidine rings is 1. The highest BCUT2D eigenvalue weighted by atomic mass is 16.6. The average molecular weight is 477 g/mol. The van der Waals surface area contributed by atoms with Crippen molar-refractivity contribution in [1.29, 1.82) is 0 Å². The smallest absolute Gasteiger partial charge is 0.410 e. The Morgan fingerprint density at radius 1 is 1.14 bits per heavy atom. The number of carbonyl (C=O) groups excluding carboxylic acids is 1. The quantitative estimate of drug-likeness (QED) is 0.441. The summed E-state index contributed by atoms with van der Waals surface area (Å²) in [5.41, 5.74) is 5.17. The molecule has 1 saturated heterocycles. The summed E-state index contributed by atoms with van der Waals surface area (Å²) in [6.45, 7) is 8.03. The van der Waals surface area contributed by atoms with Gasteiger partial charge in [0.25, 0.3) is 0 Å². The summed E-state index contributed by atoms with van der Waals surface area (Å²) < 4.78 is 5.50. The molecule has 35 heavy (non-hydrogen) atoms. The van der Waals surface area contributed by atoms with Gasteiger partial charge in [-0.05, 0) is 89.0 Å². The van der Waals surface area contributed by atoms with Gasteiger partial charge in [0, 0.05) is 30.7 Å². The van der Waals surface area contributed by atoms with E-state index < -0.39 is 5.60 Å². The van der Waals surface area contributed by atoms with Crippen molar-refractivity contribution in [1.82, 2.24) is 19.9 Å². The monoisotopic (exact) mass is 476 g/mol. The minimum Gasteiger partial charge on any atom is -0.444 e. The Labute approximate surface area is 206 Å². The maximum atomic E-state index is 12.3. The Hall–Kier alpha value is -3.29.